The molecule has 0 bridgehead atoms. The third-order valence-electron chi connectivity index (χ3n) is 1.02. The number of hydrogen-bond donors (Lipinski definition) is 0. The zero-order valence-corrected chi connectivity index (χ0v) is 4.48. The van der Waals surface area contributed by atoms with Gasteiger partial charge in [0.05, 0.1) is 6.20 Å². The molecule has 0 saturated heterocycles. The van der Waals surface area contributed by atoms with Crippen molar-refractivity contribution >= 4 is 11.2 Å². The molecule has 2 aromatic heterocycles. The first-order chi connectivity index (χ1) is 4.47. The summed E-state index contributed by atoms with van der Waals surface area (Å²) in [7, 11) is 0. The van der Waals surface area contributed by atoms with Crippen molar-refractivity contribution < 1.29 is 4.42 Å². The molecular formula is C5H3N3O. The fourth-order valence-electron chi connectivity index (χ4n) is 0.627. The second kappa shape index (κ2) is 1.51. The van der Waals surface area contributed by atoms with Crippen LogP contribution in [0.2, 0.25) is 0 Å². The predicted octanol–water partition coefficient (Wildman–Crippen LogP) is 0.618. The van der Waals surface area contributed by atoms with E-state index in [-0.39, 0.29) is 0 Å². The van der Waals surface area contributed by atoms with E-state index in [0.717, 1.165) is 5.52 Å². The fourth-order valence-corrected chi connectivity index (χ4v) is 0.627. The maximum absolute atomic E-state index is 4.83. The van der Waals surface area contributed by atoms with Crippen LogP contribution in [-0.4, -0.2) is 15.2 Å². The van der Waals surface area contributed by atoms with Crippen LogP contribution in [0.15, 0.2) is 23.1 Å². The molecule has 0 atom stereocenters. The molecule has 2 rings (SSSR count). The van der Waals surface area contributed by atoms with Gasteiger partial charge in [-0.3, -0.25) is 0 Å². The van der Waals surface area contributed by atoms with Gasteiger partial charge in [0.15, 0.2) is 6.39 Å². The Kier molecular flexibility index (Phi) is 0.745. The molecule has 0 radical (unpaired) electrons. The summed E-state index contributed by atoms with van der Waals surface area (Å²) in [6.07, 6.45) is 2.92. The van der Waals surface area contributed by atoms with Gasteiger partial charge in [-0.1, -0.05) is 0 Å². The Labute approximate surface area is 50.5 Å². The minimum Gasteiger partial charge on any atom is -0.424 e. The topological polar surface area (TPSA) is 51.8 Å². The van der Waals surface area contributed by atoms with E-state index in [9.17, 15) is 0 Å². The van der Waals surface area contributed by atoms with Crippen LogP contribution in [0, 0.1) is 0 Å². The molecule has 0 fully saturated rings. The van der Waals surface area contributed by atoms with Crippen molar-refractivity contribution in [3.05, 3.63) is 18.7 Å². The minimum atomic E-state index is 0.484. The SMILES string of the molecule is c1cc2ncoc2nn1. The Morgan fingerprint density at radius 1 is 1.44 bits per heavy atom. The van der Waals surface area contributed by atoms with E-state index in [1.165, 1.54) is 6.39 Å². The lowest BCUT2D eigenvalue weighted by Gasteiger charge is -1.77. The summed E-state index contributed by atoms with van der Waals surface area (Å²) in [4.78, 5) is 3.85. The lowest BCUT2D eigenvalue weighted by Crippen LogP contribution is -1.76. The van der Waals surface area contributed by atoms with Crippen LogP contribution in [-0.2, 0) is 0 Å². The normalized spacial score (nSPS) is 10.2. The number of nitrogens with zero attached hydrogens (tertiary/aromatic N) is 3. The Morgan fingerprint density at radius 2 is 2.44 bits per heavy atom. The second-order valence-electron chi connectivity index (χ2n) is 1.57. The van der Waals surface area contributed by atoms with Crippen molar-refractivity contribution in [2.45, 2.75) is 0 Å². The molecule has 0 aliphatic heterocycles. The van der Waals surface area contributed by atoms with Gasteiger partial charge in [-0.2, -0.15) is 5.10 Å². The number of oxazole rings is 1. The number of rotatable bonds is 0. The van der Waals surface area contributed by atoms with Gasteiger partial charge in [0.2, 0.25) is 0 Å². The molecule has 0 N–H and O–H groups in total. The number of aromatic nitrogens is 3. The Hall–Kier alpha value is -1.45. The molecule has 0 aliphatic rings. The molecule has 0 aliphatic carbocycles. The average molecular weight is 121 g/mol. The van der Waals surface area contributed by atoms with E-state index in [4.69, 9.17) is 4.42 Å². The average Bonchev–Trinajstić information content (AvgIpc) is 2.33. The zero-order chi connectivity index (χ0) is 6.10. The van der Waals surface area contributed by atoms with Crippen LogP contribution >= 0.6 is 0 Å². The van der Waals surface area contributed by atoms with E-state index < -0.39 is 0 Å². The van der Waals surface area contributed by atoms with Gasteiger partial charge in [0.25, 0.3) is 5.71 Å². The predicted molar refractivity (Wildman–Crippen MR) is 29.6 cm³/mol. The fraction of sp³-hybridized carbons (Fsp3) is 0. The second-order valence-corrected chi connectivity index (χ2v) is 1.57. The lowest BCUT2D eigenvalue weighted by molar-refractivity contribution is 0.585. The largest absolute Gasteiger partial charge is 0.424 e. The molecule has 9 heavy (non-hydrogen) atoms. The maximum atomic E-state index is 4.83. The third kappa shape index (κ3) is 0.561. The van der Waals surface area contributed by atoms with Crippen molar-refractivity contribution in [3.63, 3.8) is 0 Å². The zero-order valence-electron chi connectivity index (χ0n) is 4.48. The number of hydrogen-bond acceptors (Lipinski definition) is 4. The molecule has 0 unspecified atom stereocenters. The van der Waals surface area contributed by atoms with Gasteiger partial charge in [0, 0.05) is 0 Å². The first kappa shape index (κ1) is 4.43. The summed E-state index contributed by atoms with van der Waals surface area (Å²) >= 11 is 0. The highest BCUT2D eigenvalue weighted by Gasteiger charge is 1.94. The quantitative estimate of drug-likeness (QED) is 0.512. The molecule has 2 aromatic rings. The van der Waals surface area contributed by atoms with Gasteiger partial charge in [0.1, 0.15) is 5.52 Å². The Bertz CT molecular complexity index is 286. The Balaban J connectivity index is 2.95. The van der Waals surface area contributed by atoms with Gasteiger partial charge in [-0.15, -0.1) is 5.10 Å². The summed E-state index contributed by atoms with van der Waals surface area (Å²) in [6.45, 7) is 0. The van der Waals surface area contributed by atoms with Crippen LogP contribution in [0.3, 0.4) is 0 Å². The molecule has 2 heterocycles. The first-order valence-electron chi connectivity index (χ1n) is 2.48. The Morgan fingerprint density at radius 3 is 3.33 bits per heavy atom. The van der Waals surface area contributed by atoms with Crippen molar-refractivity contribution in [1.29, 1.82) is 0 Å². The summed E-state index contributed by atoms with van der Waals surface area (Å²) in [5, 5.41) is 7.26. The van der Waals surface area contributed by atoms with Crippen molar-refractivity contribution in [2.24, 2.45) is 0 Å². The van der Waals surface area contributed by atoms with Crippen LogP contribution in [0.25, 0.3) is 11.2 Å². The van der Waals surface area contributed by atoms with Crippen LogP contribution in [0.4, 0.5) is 0 Å². The highest BCUT2D eigenvalue weighted by molar-refractivity contribution is 5.65. The molecular weight excluding hydrogens is 118 g/mol. The number of fused-ring (bicyclic) bond motifs is 1. The first-order valence-corrected chi connectivity index (χ1v) is 2.48. The lowest BCUT2D eigenvalue weighted by atomic mass is 10.5. The molecule has 0 amide bonds. The van der Waals surface area contributed by atoms with Crippen LogP contribution in [0.1, 0.15) is 0 Å². The third-order valence-corrected chi connectivity index (χ3v) is 1.02. The standard InChI is InChI=1S/C5H3N3O/c1-2-7-8-5-4(1)6-3-9-5/h1-3H. The molecule has 0 aromatic carbocycles. The highest BCUT2D eigenvalue weighted by atomic mass is 16.3. The van der Waals surface area contributed by atoms with Gasteiger partial charge >= 0.3 is 0 Å². The monoisotopic (exact) mass is 121 g/mol. The summed E-state index contributed by atoms with van der Waals surface area (Å²) in [6, 6.07) is 1.74. The van der Waals surface area contributed by atoms with Gasteiger partial charge in [-0.25, -0.2) is 4.98 Å². The van der Waals surface area contributed by atoms with Crippen LogP contribution < -0.4 is 0 Å². The minimum absolute atomic E-state index is 0.484. The molecule has 0 spiro atoms. The molecule has 44 valence electrons. The van der Waals surface area contributed by atoms with E-state index in [1.54, 1.807) is 12.3 Å². The smallest absolute Gasteiger partial charge is 0.266 e. The van der Waals surface area contributed by atoms with E-state index in [2.05, 4.69) is 15.2 Å². The highest BCUT2D eigenvalue weighted by Crippen LogP contribution is 2.03. The van der Waals surface area contributed by atoms with Crippen LogP contribution in [0.5, 0.6) is 0 Å². The maximum Gasteiger partial charge on any atom is 0.266 e. The van der Waals surface area contributed by atoms with E-state index >= 15 is 0 Å². The molecule has 4 nitrogen and oxygen atoms in total. The molecule has 0 saturated carbocycles. The van der Waals surface area contributed by atoms with E-state index in [0.29, 0.717) is 5.71 Å². The molecule has 4 heteroatoms. The summed E-state index contributed by atoms with van der Waals surface area (Å²) < 4.78 is 4.83. The van der Waals surface area contributed by atoms with Gasteiger partial charge in [-0.05, 0) is 6.07 Å². The van der Waals surface area contributed by atoms with Crippen molar-refractivity contribution in [2.75, 3.05) is 0 Å². The summed E-state index contributed by atoms with van der Waals surface area (Å²) in [5.74, 6) is 0. The van der Waals surface area contributed by atoms with Crippen molar-refractivity contribution in [1.82, 2.24) is 15.2 Å². The van der Waals surface area contributed by atoms with E-state index in [1.807, 2.05) is 0 Å². The van der Waals surface area contributed by atoms with Crippen molar-refractivity contribution in [3.8, 4) is 0 Å². The summed E-state index contributed by atoms with van der Waals surface area (Å²) in [5.41, 5.74) is 1.22. The van der Waals surface area contributed by atoms with Gasteiger partial charge < -0.3 is 4.42 Å².